The Balaban J connectivity index is 4.17. The molecular weight excluding hydrogens is 126 g/mol. The molecule has 0 fully saturated rings. The molecule has 0 N–H and O–H groups in total. The van der Waals surface area contributed by atoms with Crippen LogP contribution in [0.1, 0.15) is 34.1 Å². The van der Waals surface area contributed by atoms with Crippen molar-refractivity contribution in [1.82, 2.24) is 0 Å². The Morgan fingerprint density at radius 1 is 1.50 bits per heavy atom. The standard InChI is InChI=1S/C8H17NO/c1-6-8(3,4)7(2)9-10-5/h6H2,1-5H3. The van der Waals surface area contributed by atoms with Gasteiger partial charge in [0.2, 0.25) is 0 Å². The monoisotopic (exact) mass is 143 g/mol. The Bertz CT molecular complexity index is 127. The fourth-order valence-electron chi connectivity index (χ4n) is 0.516. The summed E-state index contributed by atoms with van der Waals surface area (Å²) in [6, 6.07) is 0. The summed E-state index contributed by atoms with van der Waals surface area (Å²) in [7, 11) is 1.58. The van der Waals surface area contributed by atoms with Gasteiger partial charge in [0.05, 0.1) is 5.71 Å². The van der Waals surface area contributed by atoms with Crippen LogP contribution in [0.5, 0.6) is 0 Å². The molecule has 0 amide bonds. The SMILES string of the molecule is CCC(C)(C)C(C)=NOC. The quantitative estimate of drug-likeness (QED) is 0.439. The van der Waals surface area contributed by atoms with Crippen LogP contribution in [0.4, 0.5) is 0 Å². The molecule has 60 valence electrons. The average molecular weight is 143 g/mol. The molecule has 2 nitrogen and oxygen atoms in total. The second kappa shape index (κ2) is 3.59. The zero-order valence-corrected chi connectivity index (χ0v) is 7.56. The molecule has 0 aliphatic heterocycles. The molecule has 0 aromatic rings. The van der Waals surface area contributed by atoms with Crippen molar-refractivity contribution in [2.24, 2.45) is 10.6 Å². The molecule has 2 heteroatoms. The van der Waals surface area contributed by atoms with Crippen molar-refractivity contribution < 1.29 is 4.84 Å². The predicted molar refractivity (Wildman–Crippen MR) is 44.2 cm³/mol. The van der Waals surface area contributed by atoms with Crippen molar-refractivity contribution >= 4 is 5.71 Å². The van der Waals surface area contributed by atoms with E-state index in [0.717, 1.165) is 12.1 Å². The van der Waals surface area contributed by atoms with Gasteiger partial charge in [-0.3, -0.25) is 0 Å². The van der Waals surface area contributed by atoms with E-state index in [4.69, 9.17) is 0 Å². The summed E-state index contributed by atoms with van der Waals surface area (Å²) in [5.74, 6) is 0. The van der Waals surface area contributed by atoms with Gasteiger partial charge in [0, 0.05) is 5.41 Å². The minimum Gasteiger partial charge on any atom is -0.399 e. The van der Waals surface area contributed by atoms with Crippen LogP contribution in [0, 0.1) is 5.41 Å². The third kappa shape index (κ3) is 2.38. The van der Waals surface area contributed by atoms with Crippen LogP contribution >= 0.6 is 0 Å². The number of oxime groups is 1. The largest absolute Gasteiger partial charge is 0.399 e. The number of hydrogen-bond acceptors (Lipinski definition) is 2. The third-order valence-electron chi connectivity index (χ3n) is 2.09. The van der Waals surface area contributed by atoms with E-state index in [-0.39, 0.29) is 5.41 Å². The van der Waals surface area contributed by atoms with Crippen molar-refractivity contribution in [1.29, 1.82) is 0 Å². The minimum atomic E-state index is 0.177. The first-order chi connectivity index (χ1) is 4.54. The maximum atomic E-state index is 4.68. The molecule has 0 aliphatic rings. The Morgan fingerprint density at radius 2 is 2.00 bits per heavy atom. The van der Waals surface area contributed by atoms with Crippen LogP contribution in [-0.2, 0) is 4.84 Å². The van der Waals surface area contributed by atoms with Gasteiger partial charge in [-0.15, -0.1) is 0 Å². The summed E-state index contributed by atoms with van der Waals surface area (Å²) >= 11 is 0. The highest BCUT2D eigenvalue weighted by atomic mass is 16.6. The molecule has 0 saturated heterocycles. The number of nitrogens with zero attached hydrogens (tertiary/aromatic N) is 1. The van der Waals surface area contributed by atoms with E-state index in [2.05, 4.69) is 30.8 Å². The zero-order chi connectivity index (χ0) is 8.20. The fraction of sp³-hybridized carbons (Fsp3) is 0.875. The summed E-state index contributed by atoms with van der Waals surface area (Å²) in [5, 5.41) is 3.88. The van der Waals surface area contributed by atoms with Gasteiger partial charge < -0.3 is 4.84 Å². The average Bonchev–Trinajstić information content (AvgIpc) is 1.89. The molecule has 0 radical (unpaired) electrons. The Kier molecular flexibility index (Phi) is 3.40. The van der Waals surface area contributed by atoms with E-state index in [9.17, 15) is 0 Å². The molecule has 0 spiro atoms. The van der Waals surface area contributed by atoms with Crippen molar-refractivity contribution in [3.63, 3.8) is 0 Å². The summed E-state index contributed by atoms with van der Waals surface area (Å²) < 4.78 is 0. The highest BCUT2D eigenvalue weighted by Crippen LogP contribution is 2.21. The molecular formula is C8H17NO. The van der Waals surface area contributed by atoms with E-state index in [0.29, 0.717) is 0 Å². The van der Waals surface area contributed by atoms with E-state index in [1.807, 2.05) is 6.92 Å². The van der Waals surface area contributed by atoms with Gasteiger partial charge in [0.1, 0.15) is 7.11 Å². The van der Waals surface area contributed by atoms with Gasteiger partial charge in [-0.25, -0.2) is 0 Å². The summed E-state index contributed by atoms with van der Waals surface area (Å²) in [6.45, 7) is 8.46. The van der Waals surface area contributed by atoms with Crippen molar-refractivity contribution in [3.05, 3.63) is 0 Å². The Labute approximate surface area is 63.3 Å². The van der Waals surface area contributed by atoms with Gasteiger partial charge in [-0.2, -0.15) is 0 Å². The van der Waals surface area contributed by atoms with Gasteiger partial charge in [-0.05, 0) is 13.3 Å². The fourth-order valence-corrected chi connectivity index (χ4v) is 0.516. The molecule has 0 heterocycles. The molecule has 0 bridgehead atoms. The van der Waals surface area contributed by atoms with E-state index >= 15 is 0 Å². The second-order valence-electron chi connectivity index (χ2n) is 3.10. The minimum absolute atomic E-state index is 0.177. The predicted octanol–water partition coefficient (Wildman–Crippen LogP) is 2.44. The molecule has 0 atom stereocenters. The summed E-state index contributed by atoms with van der Waals surface area (Å²) in [4.78, 5) is 4.68. The zero-order valence-electron chi connectivity index (χ0n) is 7.56. The highest BCUT2D eigenvalue weighted by Gasteiger charge is 2.19. The molecule has 0 rings (SSSR count). The Hall–Kier alpha value is -0.530. The maximum Gasteiger partial charge on any atom is 0.106 e. The summed E-state index contributed by atoms with van der Waals surface area (Å²) in [6.07, 6.45) is 1.09. The van der Waals surface area contributed by atoms with Crippen molar-refractivity contribution in [2.45, 2.75) is 34.1 Å². The van der Waals surface area contributed by atoms with Crippen LogP contribution in [0.25, 0.3) is 0 Å². The van der Waals surface area contributed by atoms with Crippen LogP contribution in [-0.4, -0.2) is 12.8 Å². The first-order valence-electron chi connectivity index (χ1n) is 3.63. The maximum absolute atomic E-state index is 4.68. The van der Waals surface area contributed by atoms with Gasteiger partial charge in [0.15, 0.2) is 0 Å². The first kappa shape index (κ1) is 9.47. The lowest BCUT2D eigenvalue weighted by Crippen LogP contribution is -2.20. The third-order valence-corrected chi connectivity index (χ3v) is 2.09. The lowest BCUT2D eigenvalue weighted by atomic mass is 9.86. The molecule has 0 aromatic heterocycles. The lowest BCUT2D eigenvalue weighted by molar-refractivity contribution is 0.208. The van der Waals surface area contributed by atoms with E-state index in [1.165, 1.54) is 0 Å². The first-order valence-corrected chi connectivity index (χ1v) is 3.63. The van der Waals surface area contributed by atoms with E-state index < -0.39 is 0 Å². The topological polar surface area (TPSA) is 21.6 Å². The molecule has 0 saturated carbocycles. The molecule has 0 aliphatic carbocycles. The van der Waals surface area contributed by atoms with Crippen LogP contribution in [0.15, 0.2) is 5.16 Å². The molecule has 0 unspecified atom stereocenters. The van der Waals surface area contributed by atoms with Crippen LogP contribution in [0.2, 0.25) is 0 Å². The molecule has 0 aromatic carbocycles. The lowest BCUT2D eigenvalue weighted by Gasteiger charge is -2.20. The summed E-state index contributed by atoms with van der Waals surface area (Å²) in [5.41, 5.74) is 1.23. The van der Waals surface area contributed by atoms with Crippen LogP contribution in [0.3, 0.4) is 0 Å². The van der Waals surface area contributed by atoms with Crippen molar-refractivity contribution in [3.8, 4) is 0 Å². The van der Waals surface area contributed by atoms with E-state index in [1.54, 1.807) is 7.11 Å². The van der Waals surface area contributed by atoms with Gasteiger partial charge >= 0.3 is 0 Å². The number of rotatable bonds is 3. The second-order valence-corrected chi connectivity index (χ2v) is 3.10. The molecule has 10 heavy (non-hydrogen) atoms. The van der Waals surface area contributed by atoms with Crippen molar-refractivity contribution in [2.75, 3.05) is 7.11 Å². The number of hydrogen-bond donors (Lipinski definition) is 0. The Morgan fingerprint density at radius 3 is 2.30 bits per heavy atom. The van der Waals surface area contributed by atoms with Crippen LogP contribution < -0.4 is 0 Å². The smallest absolute Gasteiger partial charge is 0.106 e. The highest BCUT2D eigenvalue weighted by molar-refractivity contribution is 5.86. The van der Waals surface area contributed by atoms with Gasteiger partial charge in [-0.1, -0.05) is 25.9 Å². The normalized spacial score (nSPS) is 13.5. The van der Waals surface area contributed by atoms with Gasteiger partial charge in [0.25, 0.3) is 0 Å².